The molecular weight excluding hydrogens is 254 g/mol. The summed E-state index contributed by atoms with van der Waals surface area (Å²) in [5.41, 5.74) is 0.811. The zero-order valence-electron chi connectivity index (χ0n) is 12.4. The zero-order chi connectivity index (χ0) is 14.8. The standard InChI is InChI=1S/C16H21NO3/c1-11(9-12-5-7-13(19-4)8-6-12)14-15(16(2,3)18)17-10-20-14/h5-8,10-11,18H,9H2,1-4H3/t11-/m0/s1. The second kappa shape index (κ2) is 5.67. The predicted molar refractivity (Wildman–Crippen MR) is 76.9 cm³/mol. The van der Waals surface area contributed by atoms with Crippen molar-refractivity contribution in [3.8, 4) is 5.75 Å². The molecule has 0 fully saturated rings. The Morgan fingerprint density at radius 1 is 1.30 bits per heavy atom. The van der Waals surface area contributed by atoms with E-state index in [4.69, 9.17) is 9.15 Å². The number of rotatable bonds is 5. The van der Waals surface area contributed by atoms with Crippen molar-refractivity contribution in [3.05, 3.63) is 47.7 Å². The van der Waals surface area contributed by atoms with Crippen molar-refractivity contribution >= 4 is 0 Å². The molecule has 108 valence electrons. The molecule has 1 aromatic heterocycles. The van der Waals surface area contributed by atoms with Crippen LogP contribution < -0.4 is 4.74 Å². The van der Waals surface area contributed by atoms with Gasteiger partial charge in [-0.25, -0.2) is 4.98 Å². The van der Waals surface area contributed by atoms with E-state index in [1.54, 1.807) is 21.0 Å². The first-order valence-corrected chi connectivity index (χ1v) is 6.71. The fourth-order valence-electron chi connectivity index (χ4n) is 2.27. The quantitative estimate of drug-likeness (QED) is 0.910. The van der Waals surface area contributed by atoms with Gasteiger partial charge < -0.3 is 14.3 Å². The third kappa shape index (κ3) is 3.20. The molecule has 0 aliphatic carbocycles. The number of aromatic nitrogens is 1. The average Bonchev–Trinajstić information content (AvgIpc) is 2.89. The lowest BCUT2D eigenvalue weighted by molar-refractivity contribution is 0.0718. The lowest BCUT2D eigenvalue weighted by atomic mass is 9.93. The molecule has 1 heterocycles. The first-order chi connectivity index (χ1) is 9.41. The third-order valence-electron chi connectivity index (χ3n) is 3.32. The molecule has 0 aliphatic rings. The van der Waals surface area contributed by atoms with Gasteiger partial charge in [-0.1, -0.05) is 19.1 Å². The van der Waals surface area contributed by atoms with E-state index in [1.807, 2.05) is 24.3 Å². The largest absolute Gasteiger partial charge is 0.497 e. The number of benzene rings is 1. The molecule has 0 bridgehead atoms. The van der Waals surface area contributed by atoms with Crippen molar-refractivity contribution in [1.82, 2.24) is 4.98 Å². The van der Waals surface area contributed by atoms with Crippen molar-refractivity contribution < 1.29 is 14.3 Å². The molecule has 4 heteroatoms. The van der Waals surface area contributed by atoms with Crippen LogP contribution in [0.3, 0.4) is 0 Å². The van der Waals surface area contributed by atoms with E-state index in [-0.39, 0.29) is 5.92 Å². The number of ether oxygens (including phenoxy) is 1. The normalized spacial score (nSPS) is 13.2. The predicted octanol–water partition coefficient (Wildman–Crippen LogP) is 3.26. The summed E-state index contributed by atoms with van der Waals surface area (Å²) in [7, 11) is 1.65. The minimum Gasteiger partial charge on any atom is -0.497 e. The fourth-order valence-corrected chi connectivity index (χ4v) is 2.27. The van der Waals surface area contributed by atoms with Crippen LogP contribution in [-0.4, -0.2) is 17.2 Å². The monoisotopic (exact) mass is 275 g/mol. The highest BCUT2D eigenvalue weighted by Crippen LogP contribution is 2.30. The van der Waals surface area contributed by atoms with E-state index in [0.29, 0.717) is 5.69 Å². The molecule has 0 saturated heterocycles. The van der Waals surface area contributed by atoms with Crippen LogP contribution in [0, 0.1) is 0 Å². The van der Waals surface area contributed by atoms with Crippen LogP contribution in [0.5, 0.6) is 5.75 Å². The van der Waals surface area contributed by atoms with E-state index in [9.17, 15) is 5.11 Å². The van der Waals surface area contributed by atoms with E-state index in [1.165, 1.54) is 12.0 Å². The Kier molecular flexibility index (Phi) is 4.14. The lowest BCUT2D eigenvalue weighted by Gasteiger charge is -2.18. The van der Waals surface area contributed by atoms with E-state index in [2.05, 4.69) is 11.9 Å². The first-order valence-electron chi connectivity index (χ1n) is 6.71. The van der Waals surface area contributed by atoms with Gasteiger partial charge in [-0.2, -0.15) is 0 Å². The van der Waals surface area contributed by atoms with Crippen molar-refractivity contribution in [1.29, 1.82) is 0 Å². The molecule has 0 amide bonds. The summed E-state index contributed by atoms with van der Waals surface area (Å²) in [6, 6.07) is 7.96. The summed E-state index contributed by atoms with van der Waals surface area (Å²) in [5.74, 6) is 1.74. The summed E-state index contributed by atoms with van der Waals surface area (Å²) in [6.45, 7) is 5.50. The maximum absolute atomic E-state index is 10.1. The summed E-state index contributed by atoms with van der Waals surface area (Å²) >= 11 is 0. The molecule has 1 N–H and O–H groups in total. The van der Waals surface area contributed by atoms with Gasteiger partial charge in [-0.15, -0.1) is 0 Å². The molecule has 2 aromatic rings. The molecule has 0 aliphatic heterocycles. The Bertz CT molecular complexity index is 552. The molecule has 0 saturated carbocycles. The number of aliphatic hydroxyl groups is 1. The van der Waals surface area contributed by atoms with Gasteiger partial charge in [0.05, 0.1) is 7.11 Å². The van der Waals surface area contributed by atoms with Gasteiger partial charge in [0.15, 0.2) is 6.39 Å². The maximum Gasteiger partial charge on any atom is 0.181 e. The van der Waals surface area contributed by atoms with Crippen LogP contribution >= 0.6 is 0 Å². The van der Waals surface area contributed by atoms with Crippen LogP contribution in [0.4, 0.5) is 0 Å². The van der Waals surface area contributed by atoms with Gasteiger partial charge in [0, 0.05) is 5.92 Å². The SMILES string of the molecule is COc1ccc(C[C@H](C)c2ocnc2C(C)(C)O)cc1. The molecule has 4 nitrogen and oxygen atoms in total. The number of hydrogen-bond acceptors (Lipinski definition) is 4. The van der Waals surface area contributed by atoms with Crippen LogP contribution in [0.2, 0.25) is 0 Å². The molecule has 0 radical (unpaired) electrons. The smallest absolute Gasteiger partial charge is 0.181 e. The first kappa shape index (κ1) is 14.6. The van der Waals surface area contributed by atoms with Gasteiger partial charge >= 0.3 is 0 Å². The Labute approximate surface area is 119 Å². The van der Waals surface area contributed by atoms with Crippen molar-refractivity contribution in [2.75, 3.05) is 7.11 Å². The van der Waals surface area contributed by atoms with Crippen LogP contribution in [-0.2, 0) is 12.0 Å². The van der Waals surface area contributed by atoms with Gasteiger partial charge in [-0.3, -0.25) is 0 Å². The lowest BCUT2D eigenvalue weighted by Crippen LogP contribution is -2.19. The molecule has 1 aromatic carbocycles. The second-order valence-corrected chi connectivity index (χ2v) is 5.58. The Morgan fingerprint density at radius 2 is 1.95 bits per heavy atom. The minimum atomic E-state index is -0.990. The summed E-state index contributed by atoms with van der Waals surface area (Å²) < 4.78 is 10.6. The molecule has 20 heavy (non-hydrogen) atoms. The van der Waals surface area contributed by atoms with Crippen molar-refractivity contribution in [2.24, 2.45) is 0 Å². The van der Waals surface area contributed by atoms with Gasteiger partial charge in [-0.05, 0) is 38.0 Å². The average molecular weight is 275 g/mol. The van der Waals surface area contributed by atoms with Gasteiger partial charge in [0.1, 0.15) is 22.8 Å². The highest BCUT2D eigenvalue weighted by Gasteiger charge is 2.27. The molecule has 1 atom stereocenters. The topological polar surface area (TPSA) is 55.5 Å². The Balaban J connectivity index is 2.15. The zero-order valence-corrected chi connectivity index (χ0v) is 12.4. The molecule has 0 spiro atoms. The van der Waals surface area contributed by atoms with Crippen LogP contribution in [0.1, 0.15) is 43.7 Å². The van der Waals surface area contributed by atoms with Crippen molar-refractivity contribution in [3.63, 3.8) is 0 Å². The summed E-state index contributed by atoms with van der Waals surface area (Å²) in [4.78, 5) is 4.14. The van der Waals surface area contributed by atoms with Gasteiger partial charge in [0.2, 0.25) is 0 Å². The second-order valence-electron chi connectivity index (χ2n) is 5.58. The molecule has 2 rings (SSSR count). The summed E-state index contributed by atoms with van der Waals surface area (Å²) in [5, 5.41) is 10.1. The number of methoxy groups -OCH3 is 1. The van der Waals surface area contributed by atoms with Crippen molar-refractivity contribution in [2.45, 2.75) is 38.7 Å². The molecular formula is C16H21NO3. The Hall–Kier alpha value is -1.81. The van der Waals surface area contributed by atoms with Crippen LogP contribution in [0.15, 0.2) is 35.1 Å². The van der Waals surface area contributed by atoms with Gasteiger partial charge in [0.25, 0.3) is 0 Å². The van der Waals surface area contributed by atoms with E-state index < -0.39 is 5.60 Å². The highest BCUT2D eigenvalue weighted by molar-refractivity contribution is 5.29. The minimum absolute atomic E-state index is 0.146. The van der Waals surface area contributed by atoms with E-state index >= 15 is 0 Å². The fraction of sp³-hybridized carbons (Fsp3) is 0.438. The molecule has 0 unspecified atom stereocenters. The third-order valence-corrected chi connectivity index (χ3v) is 3.32. The number of nitrogens with zero attached hydrogens (tertiary/aromatic N) is 1. The van der Waals surface area contributed by atoms with E-state index in [0.717, 1.165) is 17.9 Å². The maximum atomic E-state index is 10.1. The number of oxazole rings is 1. The number of hydrogen-bond donors (Lipinski definition) is 1. The summed E-state index contributed by atoms with van der Waals surface area (Å²) in [6.07, 6.45) is 2.22. The Morgan fingerprint density at radius 3 is 2.50 bits per heavy atom. The highest BCUT2D eigenvalue weighted by atomic mass is 16.5. The van der Waals surface area contributed by atoms with Crippen LogP contribution in [0.25, 0.3) is 0 Å².